The minimum absolute atomic E-state index is 0.109. The van der Waals surface area contributed by atoms with Crippen molar-refractivity contribution in [1.82, 2.24) is 24.8 Å². The molecule has 0 atom stereocenters. The monoisotopic (exact) mass is 299 g/mol. The van der Waals surface area contributed by atoms with Crippen LogP contribution >= 0.6 is 0 Å². The predicted octanol–water partition coefficient (Wildman–Crippen LogP) is 1.35. The summed E-state index contributed by atoms with van der Waals surface area (Å²) in [5.41, 5.74) is 3.03. The molecule has 1 aliphatic heterocycles. The first-order valence-electron chi connectivity index (χ1n) is 7.44. The lowest BCUT2D eigenvalue weighted by Gasteiger charge is -2.38. The standard InChI is InChI=1S/C16H21N5O/c1-12-5-4-6-13(7-12)8-20-9-14(10-20)21-11-15(17-18-21)16(22)19(2)3/h4-7,11,14H,8-10H2,1-3H3. The third kappa shape index (κ3) is 3.01. The molecule has 3 rings (SSSR count). The van der Waals surface area contributed by atoms with Gasteiger partial charge in [-0.2, -0.15) is 0 Å². The normalized spacial score (nSPS) is 15.6. The third-order valence-corrected chi connectivity index (χ3v) is 3.94. The number of carbonyl (C=O) groups is 1. The van der Waals surface area contributed by atoms with Crippen molar-refractivity contribution in [3.63, 3.8) is 0 Å². The van der Waals surface area contributed by atoms with E-state index in [9.17, 15) is 4.79 Å². The highest BCUT2D eigenvalue weighted by molar-refractivity contribution is 5.91. The average molecular weight is 299 g/mol. The summed E-state index contributed by atoms with van der Waals surface area (Å²) >= 11 is 0. The number of likely N-dealkylation sites (tertiary alicyclic amines) is 1. The fourth-order valence-electron chi connectivity index (χ4n) is 2.69. The molecule has 0 bridgehead atoms. The van der Waals surface area contributed by atoms with E-state index in [1.165, 1.54) is 16.0 Å². The van der Waals surface area contributed by atoms with E-state index in [4.69, 9.17) is 0 Å². The fraction of sp³-hybridized carbons (Fsp3) is 0.438. The molecule has 0 aliphatic carbocycles. The summed E-state index contributed by atoms with van der Waals surface area (Å²) in [6.07, 6.45) is 1.75. The van der Waals surface area contributed by atoms with E-state index in [1.807, 2.05) is 4.68 Å². The number of amides is 1. The number of hydrogen-bond acceptors (Lipinski definition) is 4. The number of aromatic nitrogens is 3. The zero-order chi connectivity index (χ0) is 15.7. The van der Waals surface area contributed by atoms with E-state index < -0.39 is 0 Å². The van der Waals surface area contributed by atoms with Crippen molar-refractivity contribution in [1.29, 1.82) is 0 Å². The summed E-state index contributed by atoms with van der Waals surface area (Å²) in [6, 6.07) is 8.89. The van der Waals surface area contributed by atoms with E-state index in [2.05, 4.69) is 46.4 Å². The Morgan fingerprint density at radius 2 is 2.14 bits per heavy atom. The van der Waals surface area contributed by atoms with Crippen LogP contribution in [0.3, 0.4) is 0 Å². The maximum atomic E-state index is 11.8. The summed E-state index contributed by atoms with van der Waals surface area (Å²) in [7, 11) is 3.43. The molecule has 2 aromatic rings. The SMILES string of the molecule is Cc1cccc(CN2CC(n3cc(C(=O)N(C)C)nn3)C2)c1. The molecule has 116 valence electrons. The van der Waals surface area contributed by atoms with Gasteiger partial charge < -0.3 is 4.90 Å². The summed E-state index contributed by atoms with van der Waals surface area (Å²) in [5, 5.41) is 8.05. The molecule has 0 radical (unpaired) electrons. The highest BCUT2D eigenvalue weighted by Crippen LogP contribution is 2.22. The zero-order valence-electron chi connectivity index (χ0n) is 13.2. The van der Waals surface area contributed by atoms with Crippen molar-refractivity contribution in [2.24, 2.45) is 0 Å². The van der Waals surface area contributed by atoms with Gasteiger partial charge in [0.1, 0.15) is 0 Å². The van der Waals surface area contributed by atoms with E-state index in [-0.39, 0.29) is 5.91 Å². The van der Waals surface area contributed by atoms with Gasteiger partial charge in [0.25, 0.3) is 5.91 Å². The van der Waals surface area contributed by atoms with Crippen LogP contribution in [0, 0.1) is 6.92 Å². The Bertz CT molecular complexity index is 673. The molecule has 1 saturated heterocycles. The van der Waals surface area contributed by atoms with Crippen LogP contribution in [-0.4, -0.2) is 57.9 Å². The molecule has 0 spiro atoms. The Balaban J connectivity index is 1.56. The second-order valence-corrected chi connectivity index (χ2v) is 6.12. The van der Waals surface area contributed by atoms with Gasteiger partial charge in [-0.25, -0.2) is 4.68 Å². The molecule has 1 aliphatic rings. The van der Waals surface area contributed by atoms with Crippen LogP contribution in [0.1, 0.15) is 27.7 Å². The van der Waals surface area contributed by atoms with Crippen molar-refractivity contribution in [3.8, 4) is 0 Å². The lowest BCUT2D eigenvalue weighted by molar-refractivity contribution is 0.0820. The van der Waals surface area contributed by atoms with Gasteiger partial charge in [0.15, 0.2) is 5.69 Å². The number of hydrogen-bond donors (Lipinski definition) is 0. The third-order valence-electron chi connectivity index (χ3n) is 3.94. The van der Waals surface area contributed by atoms with Crippen molar-refractivity contribution < 1.29 is 4.79 Å². The highest BCUT2D eigenvalue weighted by atomic mass is 16.2. The Morgan fingerprint density at radius 1 is 1.36 bits per heavy atom. The Morgan fingerprint density at radius 3 is 2.82 bits per heavy atom. The van der Waals surface area contributed by atoms with Crippen molar-refractivity contribution >= 4 is 5.91 Å². The molecule has 6 nitrogen and oxygen atoms in total. The molecule has 1 amide bonds. The van der Waals surface area contributed by atoms with Crippen LogP contribution in [-0.2, 0) is 6.54 Å². The largest absolute Gasteiger partial charge is 0.343 e. The van der Waals surface area contributed by atoms with Gasteiger partial charge in [0, 0.05) is 33.7 Å². The molecule has 2 heterocycles. The lowest BCUT2D eigenvalue weighted by Crippen LogP contribution is -2.47. The number of carbonyl (C=O) groups excluding carboxylic acids is 1. The molecule has 1 fully saturated rings. The zero-order valence-corrected chi connectivity index (χ0v) is 13.2. The first kappa shape index (κ1) is 14.7. The van der Waals surface area contributed by atoms with Crippen molar-refractivity contribution in [3.05, 3.63) is 47.3 Å². The van der Waals surface area contributed by atoms with Gasteiger partial charge in [-0.15, -0.1) is 5.10 Å². The van der Waals surface area contributed by atoms with Crippen LogP contribution in [0.15, 0.2) is 30.5 Å². The molecule has 0 N–H and O–H groups in total. The minimum Gasteiger partial charge on any atom is -0.343 e. The van der Waals surface area contributed by atoms with Gasteiger partial charge >= 0.3 is 0 Å². The van der Waals surface area contributed by atoms with E-state index in [1.54, 1.807) is 20.3 Å². The molecule has 0 unspecified atom stereocenters. The summed E-state index contributed by atoms with van der Waals surface area (Å²) in [5.74, 6) is -0.109. The molecule has 1 aromatic heterocycles. The van der Waals surface area contributed by atoms with Crippen LogP contribution in [0.25, 0.3) is 0 Å². The fourth-order valence-corrected chi connectivity index (χ4v) is 2.69. The maximum Gasteiger partial charge on any atom is 0.275 e. The van der Waals surface area contributed by atoms with Crippen LogP contribution in [0.4, 0.5) is 0 Å². The van der Waals surface area contributed by atoms with Gasteiger partial charge in [-0.05, 0) is 12.5 Å². The lowest BCUT2D eigenvalue weighted by atomic mass is 10.1. The van der Waals surface area contributed by atoms with Crippen LogP contribution < -0.4 is 0 Å². The summed E-state index contributed by atoms with van der Waals surface area (Å²) < 4.78 is 1.81. The highest BCUT2D eigenvalue weighted by Gasteiger charge is 2.29. The molecule has 22 heavy (non-hydrogen) atoms. The number of benzene rings is 1. The number of rotatable bonds is 4. The van der Waals surface area contributed by atoms with Gasteiger partial charge in [0.2, 0.25) is 0 Å². The predicted molar refractivity (Wildman–Crippen MR) is 83.5 cm³/mol. The topological polar surface area (TPSA) is 54.3 Å². The van der Waals surface area contributed by atoms with Gasteiger partial charge in [-0.1, -0.05) is 35.0 Å². The van der Waals surface area contributed by atoms with Crippen molar-refractivity contribution in [2.75, 3.05) is 27.2 Å². The molecule has 0 saturated carbocycles. The van der Waals surface area contributed by atoms with Gasteiger partial charge in [-0.3, -0.25) is 9.69 Å². The van der Waals surface area contributed by atoms with E-state index in [0.717, 1.165) is 19.6 Å². The number of aryl methyl sites for hydroxylation is 1. The first-order chi connectivity index (χ1) is 10.5. The smallest absolute Gasteiger partial charge is 0.275 e. The van der Waals surface area contributed by atoms with Crippen molar-refractivity contribution in [2.45, 2.75) is 19.5 Å². The minimum atomic E-state index is -0.109. The Kier molecular flexibility index (Phi) is 3.94. The molecule has 1 aromatic carbocycles. The van der Waals surface area contributed by atoms with E-state index >= 15 is 0 Å². The Hall–Kier alpha value is -2.21. The summed E-state index contributed by atoms with van der Waals surface area (Å²) in [4.78, 5) is 15.7. The maximum absolute atomic E-state index is 11.8. The van der Waals surface area contributed by atoms with E-state index in [0.29, 0.717) is 11.7 Å². The summed E-state index contributed by atoms with van der Waals surface area (Å²) in [6.45, 7) is 4.94. The van der Waals surface area contributed by atoms with Crippen LogP contribution in [0.5, 0.6) is 0 Å². The van der Waals surface area contributed by atoms with Crippen LogP contribution in [0.2, 0.25) is 0 Å². The number of nitrogens with zero attached hydrogens (tertiary/aromatic N) is 5. The second-order valence-electron chi connectivity index (χ2n) is 6.12. The Labute approximate surface area is 130 Å². The quantitative estimate of drug-likeness (QED) is 0.855. The second kappa shape index (κ2) is 5.88. The molecule has 6 heteroatoms. The molecular formula is C16H21N5O. The average Bonchev–Trinajstić information content (AvgIpc) is 2.90. The molecular weight excluding hydrogens is 278 g/mol. The first-order valence-corrected chi connectivity index (χ1v) is 7.44. The van der Waals surface area contributed by atoms with Gasteiger partial charge in [0.05, 0.1) is 12.2 Å².